The second-order valence-electron chi connectivity index (χ2n) is 8.95. The van der Waals surface area contributed by atoms with Crippen molar-refractivity contribution in [1.29, 1.82) is 0 Å². The average molecular weight is 483 g/mol. The van der Waals surface area contributed by atoms with Crippen LogP contribution in [-0.2, 0) is 21.2 Å². The Bertz CT molecular complexity index is 1200. The number of fused-ring (bicyclic) bond motifs is 1. The number of nitrogens with zero attached hydrogens (tertiary/aromatic N) is 2. The highest BCUT2D eigenvalue weighted by atomic mass is 32.2. The lowest BCUT2D eigenvalue weighted by Crippen LogP contribution is -2.47. The second kappa shape index (κ2) is 9.79. The van der Waals surface area contributed by atoms with E-state index in [0.29, 0.717) is 6.54 Å². The number of carbonyl (C=O) groups is 1. The van der Waals surface area contributed by atoms with E-state index in [1.807, 2.05) is 25.7 Å². The molecular formula is C26H30N2O3S2. The Hall–Kier alpha value is -2.48. The summed E-state index contributed by atoms with van der Waals surface area (Å²) in [7, 11) is -3.78. The van der Waals surface area contributed by atoms with Crippen LogP contribution in [0.25, 0.3) is 0 Å². The Morgan fingerprint density at radius 2 is 1.79 bits per heavy atom. The molecule has 0 N–H and O–H groups in total. The molecule has 1 aliphatic rings. The summed E-state index contributed by atoms with van der Waals surface area (Å²) in [6.45, 7) is 6.66. The number of rotatable bonds is 7. The van der Waals surface area contributed by atoms with Crippen molar-refractivity contribution in [2.24, 2.45) is 5.92 Å². The molecule has 0 radical (unpaired) electrons. The molecule has 0 bridgehead atoms. The molecule has 0 saturated heterocycles. The van der Waals surface area contributed by atoms with Crippen LogP contribution in [-0.4, -0.2) is 43.2 Å². The minimum absolute atomic E-state index is 0.0917. The van der Waals surface area contributed by atoms with Gasteiger partial charge < -0.3 is 4.90 Å². The third-order valence-corrected chi connectivity index (χ3v) is 8.76. The van der Waals surface area contributed by atoms with Gasteiger partial charge in [-0.05, 0) is 54.0 Å². The molecule has 1 atom stereocenters. The summed E-state index contributed by atoms with van der Waals surface area (Å²) >= 11 is 1.72. The van der Waals surface area contributed by atoms with Gasteiger partial charge >= 0.3 is 0 Å². The van der Waals surface area contributed by atoms with Gasteiger partial charge in [0, 0.05) is 18.0 Å². The molecule has 0 fully saturated rings. The van der Waals surface area contributed by atoms with E-state index >= 15 is 0 Å². The number of thiophene rings is 1. The summed E-state index contributed by atoms with van der Waals surface area (Å²) in [5.74, 6) is -0.0772. The summed E-state index contributed by atoms with van der Waals surface area (Å²) in [6, 6.07) is 18.5. The van der Waals surface area contributed by atoms with Gasteiger partial charge in [-0.1, -0.05) is 61.9 Å². The average Bonchev–Trinajstić information content (AvgIpc) is 3.28. The van der Waals surface area contributed by atoms with Crippen LogP contribution < -0.4 is 0 Å². The first-order valence-electron chi connectivity index (χ1n) is 11.2. The zero-order valence-electron chi connectivity index (χ0n) is 19.3. The van der Waals surface area contributed by atoms with Crippen molar-refractivity contribution in [3.05, 3.63) is 87.6 Å². The predicted octanol–water partition coefficient (Wildman–Crippen LogP) is 4.88. The maximum absolute atomic E-state index is 13.7. The molecule has 5 nitrogen and oxygen atoms in total. The van der Waals surface area contributed by atoms with Crippen molar-refractivity contribution in [2.45, 2.75) is 38.1 Å². The van der Waals surface area contributed by atoms with Gasteiger partial charge in [0.25, 0.3) is 0 Å². The van der Waals surface area contributed by atoms with Gasteiger partial charge in [0.1, 0.15) is 0 Å². The van der Waals surface area contributed by atoms with Gasteiger partial charge in [0.15, 0.2) is 0 Å². The standard InChI is InChI=1S/C26H30N2O3S2/c1-19(2)17-27(33(30,31)22-7-5-4-6-8-22)18-25(29)28-15-13-24-23(14-16-32-24)26(28)21-11-9-20(3)10-12-21/h4-12,14,16,19,26H,13,15,17-18H2,1-3H3. The van der Waals surface area contributed by atoms with E-state index in [-0.39, 0.29) is 35.9 Å². The number of sulfonamides is 1. The summed E-state index contributed by atoms with van der Waals surface area (Å²) in [4.78, 5) is 17.0. The number of hydrogen-bond acceptors (Lipinski definition) is 4. The summed E-state index contributed by atoms with van der Waals surface area (Å²) in [6.07, 6.45) is 0.788. The SMILES string of the molecule is Cc1ccc(C2c3ccsc3CCN2C(=O)CN(CC(C)C)S(=O)(=O)c2ccccc2)cc1. The van der Waals surface area contributed by atoms with Crippen molar-refractivity contribution in [3.8, 4) is 0 Å². The Morgan fingerprint density at radius 1 is 1.09 bits per heavy atom. The van der Waals surface area contributed by atoms with Crippen LogP contribution in [0.15, 0.2) is 70.9 Å². The predicted molar refractivity (Wildman–Crippen MR) is 133 cm³/mol. The van der Waals surface area contributed by atoms with Crippen LogP contribution in [0.1, 0.15) is 41.5 Å². The summed E-state index contributed by atoms with van der Waals surface area (Å²) in [5, 5.41) is 2.07. The zero-order valence-corrected chi connectivity index (χ0v) is 20.9. The fourth-order valence-electron chi connectivity index (χ4n) is 4.33. The highest BCUT2D eigenvalue weighted by molar-refractivity contribution is 7.89. The number of aryl methyl sites for hydroxylation is 1. The molecule has 174 valence electrons. The lowest BCUT2D eigenvalue weighted by Gasteiger charge is -2.37. The van der Waals surface area contributed by atoms with E-state index in [0.717, 1.165) is 23.1 Å². The smallest absolute Gasteiger partial charge is 0.243 e. The third-order valence-electron chi connectivity index (χ3n) is 5.94. The van der Waals surface area contributed by atoms with Crippen molar-refractivity contribution < 1.29 is 13.2 Å². The number of carbonyl (C=O) groups excluding carboxylic acids is 1. The van der Waals surface area contributed by atoms with E-state index in [1.54, 1.807) is 41.7 Å². The van der Waals surface area contributed by atoms with Crippen molar-refractivity contribution >= 4 is 27.3 Å². The van der Waals surface area contributed by atoms with Gasteiger partial charge in [-0.2, -0.15) is 4.31 Å². The maximum Gasteiger partial charge on any atom is 0.243 e. The molecule has 0 aliphatic carbocycles. The molecule has 2 aromatic carbocycles. The molecule has 1 aliphatic heterocycles. The molecule has 1 amide bonds. The lowest BCUT2D eigenvalue weighted by molar-refractivity contribution is -0.133. The van der Waals surface area contributed by atoms with E-state index in [4.69, 9.17) is 0 Å². The van der Waals surface area contributed by atoms with Crippen LogP contribution in [0.2, 0.25) is 0 Å². The molecule has 3 aromatic rings. The highest BCUT2D eigenvalue weighted by Gasteiger charge is 2.35. The molecule has 2 heterocycles. The Balaban J connectivity index is 1.66. The fourth-order valence-corrected chi connectivity index (χ4v) is 6.81. The van der Waals surface area contributed by atoms with Gasteiger partial charge in [0.05, 0.1) is 17.5 Å². The van der Waals surface area contributed by atoms with Crippen molar-refractivity contribution in [2.75, 3.05) is 19.6 Å². The van der Waals surface area contributed by atoms with Gasteiger partial charge in [-0.15, -0.1) is 11.3 Å². The number of hydrogen-bond donors (Lipinski definition) is 0. The molecule has 1 unspecified atom stereocenters. The van der Waals surface area contributed by atoms with E-state index < -0.39 is 10.0 Å². The third kappa shape index (κ3) is 5.05. The Morgan fingerprint density at radius 3 is 2.45 bits per heavy atom. The fraction of sp³-hybridized carbons (Fsp3) is 0.346. The lowest BCUT2D eigenvalue weighted by atomic mass is 9.92. The zero-order chi connectivity index (χ0) is 23.6. The van der Waals surface area contributed by atoms with Gasteiger partial charge in [-0.3, -0.25) is 4.79 Å². The summed E-state index contributed by atoms with van der Waals surface area (Å²) < 4.78 is 28.1. The number of amides is 1. The van der Waals surface area contributed by atoms with Crippen molar-refractivity contribution in [1.82, 2.24) is 9.21 Å². The highest BCUT2D eigenvalue weighted by Crippen LogP contribution is 2.38. The summed E-state index contributed by atoms with van der Waals surface area (Å²) in [5.41, 5.74) is 3.36. The Kier molecular flexibility index (Phi) is 7.02. The van der Waals surface area contributed by atoms with E-state index in [9.17, 15) is 13.2 Å². The van der Waals surface area contributed by atoms with Crippen LogP contribution in [0, 0.1) is 12.8 Å². The molecule has 33 heavy (non-hydrogen) atoms. The largest absolute Gasteiger partial charge is 0.330 e. The number of benzene rings is 2. The molecule has 1 aromatic heterocycles. The molecule has 0 saturated carbocycles. The first-order chi connectivity index (χ1) is 15.8. The first-order valence-corrected chi connectivity index (χ1v) is 13.6. The molecule has 0 spiro atoms. The maximum atomic E-state index is 13.7. The molecular weight excluding hydrogens is 452 g/mol. The quantitative estimate of drug-likeness (QED) is 0.482. The minimum Gasteiger partial charge on any atom is -0.330 e. The van der Waals surface area contributed by atoms with Crippen LogP contribution in [0.5, 0.6) is 0 Å². The Labute approximate surface area is 200 Å². The van der Waals surface area contributed by atoms with E-state index in [1.165, 1.54) is 9.18 Å². The molecule has 7 heteroatoms. The molecule has 4 rings (SSSR count). The van der Waals surface area contributed by atoms with Gasteiger partial charge in [0.2, 0.25) is 15.9 Å². The van der Waals surface area contributed by atoms with Crippen LogP contribution >= 0.6 is 11.3 Å². The minimum atomic E-state index is -3.78. The normalized spacial score (nSPS) is 16.3. The van der Waals surface area contributed by atoms with Crippen LogP contribution in [0.4, 0.5) is 0 Å². The first kappa shape index (κ1) is 23.7. The van der Waals surface area contributed by atoms with Crippen molar-refractivity contribution in [3.63, 3.8) is 0 Å². The topological polar surface area (TPSA) is 57.7 Å². The van der Waals surface area contributed by atoms with Gasteiger partial charge in [-0.25, -0.2) is 8.42 Å². The monoisotopic (exact) mass is 482 g/mol. The second-order valence-corrected chi connectivity index (χ2v) is 11.9. The van der Waals surface area contributed by atoms with E-state index in [2.05, 4.69) is 35.7 Å². The van der Waals surface area contributed by atoms with Crippen LogP contribution in [0.3, 0.4) is 0 Å².